The average Bonchev–Trinajstić information content (AvgIpc) is 3.02. The molecule has 1 aromatic carbocycles. The Labute approximate surface area is 161 Å². The zero-order valence-electron chi connectivity index (χ0n) is 13.6. The zero-order chi connectivity index (χ0) is 18.7. The zero-order valence-corrected chi connectivity index (χ0v) is 15.9. The normalized spacial score (nSPS) is 11.6. The molecule has 2 heterocycles. The van der Waals surface area contributed by atoms with E-state index in [0.29, 0.717) is 33.3 Å². The van der Waals surface area contributed by atoms with Crippen molar-refractivity contribution in [3.05, 3.63) is 39.1 Å². The van der Waals surface area contributed by atoms with E-state index in [1.807, 2.05) is 0 Å². The number of halogens is 2. The molecule has 8 nitrogen and oxygen atoms in total. The van der Waals surface area contributed by atoms with Gasteiger partial charge >= 0.3 is 0 Å². The third kappa shape index (κ3) is 4.06. The summed E-state index contributed by atoms with van der Waals surface area (Å²) in [6, 6.07) is 6.31. The summed E-state index contributed by atoms with van der Waals surface area (Å²) >= 11 is 12.9. The molecular weight excluding hydrogens is 403 g/mol. The Balaban J connectivity index is 1.81. The molecule has 0 spiro atoms. The number of hydrogen-bond donors (Lipinski definition) is 0. The van der Waals surface area contributed by atoms with E-state index in [4.69, 9.17) is 37.4 Å². The van der Waals surface area contributed by atoms with Crippen LogP contribution in [0.3, 0.4) is 0 Å². The fourth-order valence-corrected chi connectivity index (χ4v) is 3.22. The fourth-order valence-electron chi connectivity index (χ4n) is 1.95. The second-order valence-electron chi connectivity index (χ2n) is 4.79. The number of rotatable bonds is 5. The smallest absolute Gasteiger partial charge is 0.286 e. The Bertz CT molecular complexity index is 1030. The van der Waals surface area contributed by atoms with Gasteiger partial charge in [-0.25, -0.2) is 0 Å². The summed E-state index contributed by atoms with van der Waals surface area (Å²) in [6.07, 6.45) is 0. The van der Waals surface area contributed by atoms with Crippen molar-refractivity contribution in [1.29, 1.82) is 0 Å². The number of carbonyl (C=O) groups is 1. The van der Waals surface area contributed by atoms with Crippen LogP contribution in [-0.4, -0.2) is 40.5 Å². The molecular formula is C15H12Cl2N4O4S. The lowest BCUT2D eigenvalue weighted by atomic mass is 10.3. The summed E-state index contributed by atoms with van der Waals surface area (Å²) in [7, 11) is 2.99. The first-order valence-electron chi connectivity index (χ1n) is 7.14. The number of amides is 1. The van der Waals surface area contributed by atoms with E-state index in [1.54, 1.807) is 22.0 Å². The third-order valence-corrected chi connectivity index (χ3v) is 4.49. The minimum Gasteiger partial charge on any atom is -0.482 e. The van der Waals surface area contributed by atoms with Crippen LogP contribution in [0.5, 0.6) is 17.5 Å². The number of benzene rings is 1. The molecule has 26 heavy (non-hydrogen) atoms. The number of nitrogens with zero attached hydrogens (tertiary/aromatic N) is 4. The van der Waals surface area contributed by atoms with E-state index < -0.39 is 5.91 Å². The molecule has 0 saturated heterocycles. The second-order valence-corrected chi connectivity index (χ2v) is 6.55. The summed E-state index contributed by atoms with van der Waals surface area (Å²) in [5.41, 5.74) is 0. The quantitative estimate of drug-likeness (QED) is 0.637. The van der Waals surface area contributed by atoms with E-state index in [9.17, 15) is 4.79 Å². The van der Waals surface area contributed by atoms with Gasteiger partial charge in [0.25, 0.3) is 11.7 Å². The number of aromatic nitrogens is 3. The van der Waals surface area contributed by atoms with Crippen LogP contribution in [0.15, 0.2) is 29.3 Å². The molecule has 11 heteroatoms. The predicted molar refractivity (Wildman–Crippen MR) is 96.5 cm³/mol. The van der Waals surface area contributed by atoms with E-state index in [-0.39, 0.29) is 11.4 Å². The Morgan fingerprint density at radius 2 is 2.04 bits per heavy atom. The van der Waals surface area contributed by atoms with E-state index >= 15 is 0 Å². The molecule has 0 radical (unpaired) electrons. The molecule has 0 aliphatic heterocycles. The minimum atomic E-state index is -0.526. The monoisotopic (exact) mass is 414 g/mol. The van der Waals surface area contributed by atoms with Crippen molar-refractivity contribution >= 4 is 46.4 Å². The standard InChI is InChI=1S/C15H12Cl2N4O4S/c1-23-12-6-13(24-2)21-14(19-12)20-15(26-21)18-11(22)7-25-10-4-3-8(16)5-9(10)17/h3-6H,7H2,1-2H3. The molecule has 0 atom stereocenters. The van der Waals surface area contributed by atoms with Gasteiger partial charge in [0, 0.05) is 5.02 Å². The first-order chi connectivity index (χ1) is 12.5. The van der Waals surface area contributed by atoms with Crippen molar-refractivity contribution < 1.29 is 19.0 Å². The molecule has 0 fully saturated rings. The highest BCUT2D eigenvalue weighted by atomic mass is 35.5. The van der Waals surface area contributed by atoms with Gasteiger partial charge in [-0.3, -0.25) is 4.79 Å². The van der Waals surface area contributed by atoms with Gasteiger partial charge in [0.2, 0.25) is 16.6 Å². The third-order valence-electron chi connectivity index (χ3n) is 3.09. The van der Waals surface area contributed by atoms with E-state index in [2.05, 4.69) is 15.0 Å². The van der Waals surface area contributed by atoms with Gasteiger partial charge in [-0.1, -0.05) is 23.2 Å². The minimum absolute atomic E-state index is 0.208. The molecule has 2 aromatic heterocycles. The van der Waals surface area contributed by atoms with Gasteiger partial charge in [0.1, 0.15) is 5.75 Å². The topological polar surface area (TPSA) is 87.3 Å². The van der Waals surface area contributed by atoms with Crippen molar-refractivity contribution in [2.45, 2.75) is 0 Å². The molecule has 0 saturated carbocycles. The van der Waals surface area contributed by atoms with Crippen LogP contribution in [0.25, 0.3) is 5.78 Å². The molecule has 1 amide bonds. The van der Waals surface area contributed by atoms with Crippen LogP contribution in [0.4, 0.5) is 0 Å². The highest BCUT2D eigenvalue weighted by Gasteiger charge is 2.11. The number of fused-ring (bicyclic) bond motifs is 1. The SMILES string of the molecule is COc1cc(OC)n2sc(=NC(=O)COc3ccc(Cl)cc3Cl)nc2n1. The highest BCUT2D eigenvalue weighted by Crippen LogP contribution is 2.27. The molecule has 136 valence electrons. The Morgan fingerprint density at radius 3 is 2.73 bits per heavy atom. The molecule has 0 bridgehead atoms. The molecule has 0 aliphatic carbocycles. The van der Waals surface area contributed by atoms with Crippen LogP contribution >= 0.6 is 34.7 Å². The van der Waals surface area contributed by atoms with Gasteiger partial charge in [-0.15, -0.1) is 0 Å². The van der Waals surface area contributed by atoms with Gasteiger partial charge in [-0.2, -0.15) is 18.8 Å². The Morgan fingerprint density at radius 1 is 1.23 bits per heavy atom. The number of ether oxygens (including phenoxy) is 3. The van der Waals surface area contributed by atoms with Crippen molar-refractivity contribution in [3.63, 3.8) is 0 Å². The number of hydrogen-bond acceptors (Lipinski definition) is 7. The predicted octanol–water partition coefficient (Wildman–Crippen LogP) is 2.62. The van der Waals surface area contributed by atoms with Crippen LogP contribution < -0.4 is 19.0 Å². The maximum atomic E-state index is 12.0. The maximum absolute atomic E-state index is 12.0. The Kier molecular flexibility index (Phi) is 5.60. The van der Waals surface area contributed by atoms with E-state index in [0.717, 1.165) is 11.5 Å². The summed E-state index contributed by atoms with van der Waals surface area (Å²) in [4.78, 5) is 24.5. The maximum Gasteiger partial charge on any atom is 0.286 e. The molecule has 0 unspecified atom stereocenters. The first kappa shape index (κ1) is 18.4. The summed E-state index contributed by atoms with van der Waals surface area (Å²) in [5, 5.41) is 0.781. The van der Waals surface area contributed by atoms with Gasteiger partial charge < -0.3 is 14.2 Å². The largest absolute Gasteiger partial charge is 0.482 e. The number of carbonyl (C=O) groups excluding carboxylic acids is 1. The van der Waals surface area contributed by atoms with Crippen molar-refractivity contribution in [1.82, 2.24) is 13.8 Å². The average molecular weight is 415 g/mol. The van der Waals surface area contributed by atoms with Crippen molar-refractivity contribution in [2.75, 3.05) is 20.8 Å². The summed E-state index contributed by atoms with van der Waals surface area (Å²) < 4.78 is 17.3. The highest BCUT2D eigenvalue weighted by molar-refractivity contribution is 7.03. The van der Waals surface area contributed by atoms with Gasteiger partial charge in [0.15, 0.2) is 6.61 Å². The lowest BCUT2D eigenvalue weighted by molar-refractivity contribution is -0.120. The summed E-state index contributed by atoms with van der Waals surface area (Å²) in [5.74, 6) is 0.917. The van der Waals surface area contributed by atoms with Crippen LogP contribution in [0.1, 0.15) is 0 Å². The van der Waals surface area contributed by atoms with Crippen molar-refractivity contribution in [2.24, 2.45) is 4.99 Å². The molecule has 0 N–H and O–H groups in total. The van der Waals surface area contributed by atoms with Gasteiger partial charge in [-0.05, 0) is 29.7 Å². The Hall–Kier alpha value is -2.36. The van der Waals surface area contributed by atoms with Crippen LogP contribution in [-0.2, 0) is 4.79 Å². The second kappa shape index (κ2) is 7.90. The van der Waals surface area contributed by atoms with Crippen LogP contribution in [0, 0.1) is 0 Å². The van der Waals surface area contributed by atoms with Crippen LogP contribution in [0.2, 0.25) is 10.0 Å². The first-order valence-corrected chi connectivity index (χ1v) is 8.67. The fraction of sp³-hybridized carbons (Fsp3) is 0.200. The lowest BCUT2D eigenvalue weighted by Gasteiger charge is -2.05. The number of methoxy groups -OCH3 is 2. The molecule has 3 aromatic rings. The molecule has 0 aliphatic rings. The van der Waals surface area contributed by atoms with E-state index in [1.165, 1.54) is 20.3 Å². The van der Waals surface area contributed by atoms with Gasteiger partial charge in [0.05, 0.1) is 25.3 Å². The molecule has 3 rings (SSSR count). The lowest BCUT2D eigenvalue weighted by Crippen LogP contribution is -2.13. The summed E-state index contributed by atoms with van der Waals surface area (Å²) in [6.45, 7) is -0.296. The van der Waals surface area contributed by atoms with Crippen molar-refractivity contribution in [3.8, 4) is 17.5 Å².